The molecule has 1 unspecified atom stereocenters. The van der Waals surface area contributed by atoms with Crippen molar-refractivity contribution >= 4 is 23.3 Å². The molecule has 18 heavy (non-hydrogen) atoms. The van der Waals surface area contributed by atoms with E-state index in [-0.39, 0.29) is 0 Å². The molecule has 6 heteroatoms. The maximum atomic E-state index is 9.23. The summed E-state index contributed by atoms with van der Waals surface area (Å²) in [5.41, 5.74) is -0.459. The van der Waals surface area contributed by atoms with E-state index in [0.29, 0.717) is 6.04 Å². The van der Waals surface area contributed by atoms with E-state index < -0.39 is 5.54 Å². The predicted octanol–water partition coefficient (Wildman–Crippen LogP) is 2.86. The molecule has 0 aliphatic heterocycles. The summed E-state index contributed by atoms with van der Waals surface area (Å²) in [6, 6.07) is 2.67. The number of aromatic nitrogens is 2. The first-order valence-electron chi connectivity index (χ1n) is 6.13. The number of nitrogens with one attached hydrogen (secondary N) is 1. The first-order valence-corrected chi connectivity index (χ1v) is 7.89. The highest BCUT2D eigenvalue weighted by molar-refractivity contribution is 8.00. The molecule has 1 aromatic heterocycles. The van der Waals surface area contributed by atoms with Crippen LogP contribution in [0.3, 0.4) is 0 Å². The molecule has 0 saturated carbocycles. The summed E-state index contributed by atoms with van der Waals surface area (Å²) in [5, 5.41) is 12.5. The van der Waals surface area contributed by atoms with Gasteiger partial charge in [0.15, 0.2) is 4.34 Å². The molecule has 0 spiro atoms. The smallest absolute Gasteiger partial charge is 0.170 e. The minimum absolute atomic E-state index is 0.313. The Balaban J connectivity index is 2.42. The van der Waals surface area contributed by atoms with Crippen LogP contribution >= 0.6 is 23.3 Å². The normalized spacial score (nSPS) is 14.4. The van der Waals surface area contributed by atoms with E-state index in [4.69, 9.17) is 0 Å². The highest BCUT2D eigenvalue weighted by atomic mass is 32.2. The molecular formula is C12H20N4S2. The summed E-state index contributed by atoms with van der Waals surface area (Å²) in [7, 11) is 0. The molecule has 0 radical (unpaired) electrons. The molecule has 0 aromatic carbocycles. The van der Waals surface area contributed by atoms with E-state index >= 15 is 0 Å². The first kappa shape index (κ1) is 15.4. The number of hydrogen-bond acceptors (Lipinski definition) is 6. The average Bonchev–Trinajstić information content (AvgIpc) is 2.76. The number of hydrogen-bond donors (Lipinski definition) is 1. The van der Waals surface area contributed by atoms with Crippen LogP contribution in [-0.2, 0) is 6.42 Å². The third-order valence-corrected chi connectivity index (χ3v) is 4.32. The molecule has 4 nitrogen and oxygen atoms in total. The van der Waals surface area contributed by atoms with Crippen molar-refractivity contribution in [3.05, 3.63) is 5.82 Å². The van der Waals surface area contributed by atoms with Crippen molar-refractivity contribution in [2.45, 2.75) is 56.5 Å². The van der Waals surface area contributed by atoms with Crippen molar-refractivity contribution < 1.29 is 0 Å². The molecule has 0 fully saturated rings. The largest absolute Gasteiger partial charge is 0.297 e. The fourth-order valence-corrected chi connectivity index (χ4v) is 3.51. The topological polar surface area (TPSA) is 61.6 Å². The lowest BCUT2D eigenvalue weighted by Gasteiger charge is -2.25. The summed E-state index contributed by atoms with van der Waals surface area (Å²) < 4.78 is 5.24. The lowest BCUT2D eigenvalue weighted by atomic mass is 10.0. The zero-order valence-electron chi connectivity index (χ0n) is 11.4. The third kappa shape index (κ3) is 4.92. The summed E-state index contributed by atoms with van der Waals surface area (Å²) in [6.07, 6.45) is 1.68. The fourth-order valence-electron chi connectivity index (χ4n) is 1.58. The average molecular weight is 284 g/mol. The van der Waals surface area contributed by atoms with E-state index in [1.807, 2.05) is 6.92 Å². The van der Waals surface area contributed by atoms with Gasteiger partial charge in [-0.15, -0.1) is 0 Å². The minimum Gasteiger partial charge on any atom is -0.297 e. The van der Waals surface area contributed by atoms with Gasteiger partial charge >= 0.3 is 0 Å². The lowest BCUT2D eigenvalue weighted by Crippen LogP contribution is -2.45. The highest BCUT2D eigenvalue weighted by Gasteiger charge is 2.24. The number of thioether (sulfide) groups is 1. The van der Waals surface area contributed by atoms with E-state index in [9.17, 15) is 5.26 Å². The zero-order valence-corrected chi connectivity index (χ0v) is 13.0. The molecule has 100 valence electrons. The molecule has 0 aliphatic rings. The highest BCUT2D eigenvalue weighted by Crippen LogP contribution is 2.23. The molecule has 0 aliphatic carbocycles. The van der Waals surface area contributed by atoms with E-state index in [0.717, 1.165) is 28.8 Å². The van der Waals surface area contributed by atoms with E-state index in [1.54, 1.807) is 11.8 Å². The first-order chi connectivity index (χ1) is 8.49. The van der Waals surface area contributed by atoms with Crippen molar-refractivity contribution in [1.29, 1.82) is 5.26 Å². The maximum Gasteiger partial charge on any atom is 0.170 e. The Morgan fingerprint density at radius 3 is 2.78 bits per heavy atom. The lowest BCUT2D eigenvalue weighted by molar-refractivity contribution is 0.397. The zero-order chi connectivity index (χ0) is 13.6. The van der Waals surface area contributed by atoms with Gasteiger partial charge in [0, 0.05) is 18.2 Å². The monoisotopic (exact) mass is 284 g/mol. The van der Waals surface area contributed by atoms with E-state index in [1.165, 1.54) is 11.5 Å². The van der Waals surface area contributed by atoms with Crippen molar-refractivity contribution in [2.75, 3.05) is 5.75 Å². The van der Waals surface area contributed by atoms with Crippen LogP contribution in [0.1, 0.15) is 39.9 Å². The van der Waals surface area contributed by atoms with Crippen LogP contribution in [0.4, 0.5) is 0 Å². The molecule has 1 atom stereocenters. The molecular weight excluding hydrogens is 264 g/mol. The van der Waals surface area contributed by atoms with Crippen LogP contribution in [-0.4, -0.2) is 26.7 Å². The second kappa shape index (κ2) is 7.07. The van der Waals surface area contributed by atoms with Gasteiger partial charge < -0.3 is 0 Å². The van der Waals surface area contributed by atoms with Gasteiger partial charge in [0.25, 0.3) is 0 Å². The van der Waals surface area contributed by atoms with Crippen LogP contribution < -0.4 is 5.32 Å². The molecule has 1 rings (SSSR count). The van der Waals surface area contributed by atoms with Crippen LogP contribution in [0.5, 0.6) is 0 Å². The quantitative estimate of drug-likeness (QED) is 0.780. The predicted molar refractivity (Wildman–Crippen MR) is 76.9 cm³/mol. The molecule has 0 amide bonds. The van der Waals surface area contributed by atoms with E-state index in [2.05, 4.69) is 41.5 Å². The summed E-state index contributed by atoms with van der Waals surface area (Å²) in [5.74, 6) is 1.79. The Hall–Kier alpha value is -0.640. The van der Waals surface area contributed by atoms with Gasteiger partial charge in [-0.1, -0.05) is 18.7 Å². The van der Waals surface area contributed by atoms with Gasteiger partial charge in [0.2, 0.25) is 0 Å². The fraction of sp³-hybridized carbons (Fsp3) is 0.750. The number of nitrogens with zero attached hydrogens (tertiary/aromatic N) is 3. The molecule has 0 bridgehead atoms. The number of aryl methyl sites for hydroxylation is 1. The van der Waals surface area contributed by atoms with Gasteiger partial charge in [-0.3, -0.25) is 5.32 Å². The van der Waals surface area contributed by atoms with Crippen molar-refractivity contribution in [1.82, 2.24) is 14.7 Å². The standard InChI is InChI=1S/C12H20N4S2/c1-5-10-14-11(18-16-10)17-7-6-12(4,8-13)15-9(2)3/h9,15H,5-7H2,1-4H3. The van der Waals surface area contributed by atoms with Crippen LogP contribution in [0.25, 0.3) is 0 Å². The van der Waals surface area contributed by atoms with Crippen LogP contribution in [0, 0.1) is 11.3 Å². The molecule has 1 N–H and O–H groups in total. The summed E-state index contributed by atoms with van der Waals surface area (Å²) >= 11 is 3.12. The minimum atomic E-state index is -0.459. The molecule has 1 aromatic rings. The summed E-state index contributed by atoms with van der Waals surface area (Å²) in [6.45, 7) is 8.11. The number of rotatable bonds is 7. The van der Waals surface area contributed by atoms with Crippen LogP contribution in [0.15, 0.2) is 4.34 Å². The van der Waals surface area contributed by atoms with Gasteiger partial charge in [0.05, 0.1) is 6.07 Å². The molecule has 0 saturated heterocycles. The van der Waals surface area contributed by atoms with Gasteiger partial charge in [-0.2, -0.15) is 9.64 Å². The van der Waals surface area contributed by atoms with Gasteiger partial charge in [-0.05, 0) is 38.7 Å². The van der Waals surface area contributed by atoms with Gasteiger partial charge in [0.1, 0.15) is 11.4 Å². The summed E-state index contributed by atoms with van der Waals surface area (Å²) in [4.78, 5) is 4.40. The molecule has 1 heterocycles. The Morgan fingerprint density at radius 1 is 1.56 bits per heavy atom. The SMILES string of the molecule is CCc1nsc(SCCC(C)(C#N)NC(C)C)n1. The van der Waals surface area contributed by atoms with Crippen molar-refractivity contribution in [3.63, 3.8) is 0 Å². The Bertz CT molecular complexity index is 410. The van der Waals surface area contributed by atoms with Crippen molar-refractivity contribution in [3.8, 4) is 6.07 Å². The third-order valence-electron chi connectivity index (χ3n) is 2.45. The van der Waals surface area contributed by atoms with Crippen LogP contribution in [0.2, 0.25) is 0 Å². The Labute approximate surface area is 117 Å². The second-order valence-corrected chi connectivity index (χ2v) is 6.77. The van der Waals surface area contributed by atoms with Gasteiger partial charge in [-0.25, -0.2) is 4.98 Å². The number of nitriles is 1. The van der Waals surface area contributed by atoms with Crippen molar-refractivity contribution in [2.24, 2.45) is 0 Å². The maximum absolute atomic E-state index is 9.23. The second-order valence-electron chi connectivity index (χ2n) is 4.67. The Kier molecular flexibility index (Phi) is 6.06. The Morgan fingerprint density at radius 2 is 2.28 bits per heavy atom.